The number of carbonyl (C=O) groups excluding carboxylic acids is 3. The van der Waals surface area contributed by atoms with E-state index in [-0.39, 0.29) is 26.3 Å². The molecule has 2 aliphatic rings. The van der Waals surface area contributed by atoms with Gasteiger partial charge in [0.1, 0.15) is 78.5 Å². The lowest BCUT2D eigenvalue weighted by molar-refractivity contribution is -0.157. The highest BCUT2D eigenvalue weighted by Gasteiger charge is 2.30. The Hall–Kier alpha value is -8.82. The molecule has 22 nitrogen and oxygen atoms in total. The lowest BCUT2D eigenvalue weighted by atomic mass is 9.96. The quantitative estimate of drug-likeness (QED) is 0.0221. The summed E-state index contributed by atoms with van der Waals surface area (Å²) in [4.78, 5) is 81.0. The molecule has 0 saturated carbocycles. The second-order valence-electron chi connectivity index (χ2n) is 21.0. The number of alkyl carbamates (subject to hydrolysis) is 2. The molecule has 7 N–H and O–H groups in total. The molecule has 82 heavy (non-hydrogen) atoms. The van der Waals surface area contributed by atoms with Gasteiger partial charge in [0.15, 0.2) is 0 Å². The summed E-state index contributed by atoms with van der Waals surface area (Å²) >= 11 is 0. The summed E-state index contributed by atoms with van der Waals surface area (Å²) in [5.74, 6) is 4.06. The summed E-state index contributed by atoms with van der Waals surface area (Å²) in [6.45, 7) is 14.8. The second kappa shape index (κ2) is 31.2. The number of hydrogen-bond donors (Lipinski definition) is 7. The number of ether oxygens (including phenoxy) is 3. The van der Waals surface area contributed by atoms with Gasteiger partial charge in [0.25, 0.3) is 0 Å². The van der Waals surface area contributed by atoms with Gasteiger partial charge in [-0.15, -0.1) is 0 Å². The van der Waals surface area contributed by atoms with Gasteiger partial charge in [-0.2, -0.15) is 0 Å². The van der Waals surface area contributed by atoms with Crippen molar-refractivity contribution in [3.8, 4) is 0 Å². The Kier molecular flexibility index (Phi) is 23.2. The predicted molar refractivity (Wildman–Crippen MR) is 316 cm³/mol. The zero-order chi connectivity index (χ0) is 58.1. The summed E-state index contributed by atoms with van der Waals surface area (Å²) < 4.78 is 16.1. The fraction of sp³-hybridized carbons (Fsp3) is 0.433. The van der Waals surface area contributed by atoms with Crippen LogP contribution in [0.3, 0.4) is 0 Å². The zero-order valence-electron chi connectivity index (χ0n) is 47.6. The molecule has 436 valence electrons. The van der Waals surface area contributed by atoms with Gasteiger partial charge in [-0.3, -0.25) is 0 Å². The molecule has 6 aromatic rings. The van der Waals surface area contributed by atoms with E-state index >= 15 is 0 Å². The van der Waals surface area contributed by atoms with Gasteiger partial charge >= 0.3 is 24.1 Å². The summed E-state index contributed by atoms with van der Waals surface area (Å²) in [6, 6.07) is 28.1. The zero-order valence-corrected chi connectivity index (χ0v) is 47.6. The lowest BCUT2D eigenvalue weighted by Crippen LogP contribution is -2.48. The van der Waals surface area contributed by atoms with Crippen LogP contribution in [0, 0.1) is 11.8 Å². The van der Waals surface area contributed by atoms with Gasteiger partial charge in [-0.05, 0) is 107 Å². The number of nitrogens with one attached hydrogen (secondary N) is 6. The molecule has 2 fully saturated rings. The van der Waals surface area contributed by atoms with Crippen LogP contribution in [0.15, 0.2) is 122 Å². The van der Waals surface area contributed by atoms with E-state index < -0.39 is 41.8 Å². The van der Waals surface area contributed by atoms with Gasteiger partial charge in [-0.1, -0.05) is 86.6 Å². The fourth-order valence-corrected chi connectivity index (χ4v) is 9.41. The fourth-order valence-electron chi connectivity index (χ4n) is 9.41. The molecule has 4 aromatic heterocycles. The van der Waals surface area contributed by atoms with E-state index in [0.29, 0.717) is 36.3 Å². The molecule has 0 aliphatic carbocycles. The maximum absolute atomic E-state index is 13.1. The Morgan fingerprint density at radius 2 is 0.976 bits per heavy atom. The number of benzene rings is 2. The highest BCUT2D eigenvalue weighted by molar-refractivity contribution is 5.82. The third kappa shape index (κ3) is 19.5. The molecule has 0 spiro atoms. The van der Waals surface area contributed by atoms with E-state index in [2.05, 4.69) is 78.5 Å². The molecule has 2 amide bonds. The average Bonchev–Trinajstić information content (AvgIpc) is 3.52. The van der Waals surface area contributed by atoms with Gasteiger partial charge in [0.05, 0.1) is 0 Å². The molecule has 6 heterocycles. The van der Waals surface area contributed by atoms with Gasteiger partial charge in [0.2, 0.25) is 0 Å². The number of carboxylic acids is 1. The number of carboxylic acid groups (broad SMARTS) is 1. The number of esters is 1. The molecule has 0 radical (unpaired) electrons. The molecule has 0 unspecified atom stereocenters. The normalized spacial score (nSPS) is 14.4. The van der Waals surface area contributed by atoms with E-state index in [1.54, 1.807) is 33.2 Å². The molecule has 2 aromatic carbocycles. The van der Waals surface area contributed by atoms with Crippen molar-refractivity contribution in [2.45, 2.75) is 104 Å². The smallest absolute Gasteiger partial charge is 0.408 e. The third-order valence-corrected chi connectivity index (χ3v) is 13.8. The number of carbonyl (C=O) groups is 4. The van der Waals surface area contributed by atoms with Crippen molar-refractivity contribution in [1.82, 2.24) is 40.5 Å². The van der Waals surface area contributed by atoms with Crippen molar-refractivity contribution < 1.29 is 38.5 Å². The maximum atomic E-state index is 13.1. The van der Waals surface area contributed by atoms with Gasteiger partial charge in [0, 0.05) is 75.9 Å². The number of anilines is 6. The van der Waals surface area contributed by atoms with Gasteiger partial charge in [-0.25, -0.2) is 49.1 Å². The van der Waals surface area contributed by atoms with Crippen molar-refractivity contribution in [2.24, 2.45) is 11.8 Å². The average molecular weight is 1120 g/mol. The van der Waals surface area contributed by atoms with Crippen LogP contribution in [-0.4, -0.2) is 129 Å². The van der Waals surface area contributed by atoms with Crippen molar-refractivity contribution in [1.29, 1.82) is 0 Å². The van der Waals surface area contributed by atoms with Crippen LogP contribution < -0.4 is 41.7 Å². The van der Waals surface area contributed by atoms with Crippen LogP contribution >= 0.6 is 0 Å². The number of amides is 2. The molecule has 2 aliphatic heterocycles. The number of pyridine rings is 2. The minimum absolute atomic E-state index is 0.0532. The first-order valence-electron chi connectivity index (χ1n) is 28.1. The van der Waals surface area contributed by atoms with Crippen molar-refractivity contribution in [3.05, 3.63) is 144 Å². The topological polar surface area (TPSA) is 272 Å². The van der Waals surface area contributed by atoms with Crippen molar-refractivity contribution >= 4 is 59.0 Å². The van der Waals surface area contributed by atoms with Crippen LogP contribution in [0.2, 0.25) is 0 Å². The Balaban J connectivity index is 0.000000237. The van der Waals surface area contributed by atoms with E-state index in [1.165, 1.54) is 12.7 Å². The first kappa shape index (κ1) is 60.8. The Morgan fingerprint density at radius 3 is 1.37 bits per heavy atom. The van der Waals surface area contributed by atoms with E-state index in [4.69, 9.17) is 14.2 Å². The standard InChI is InChI=1S/C32H43N7O4.C28H35N7O4/c1-5-25-28(36-22-37-29(25)39-17-14-23(15-18-39)19-34-27-13-9-10-16-33-27)35-20-26(30(40)43-32(2,3)4)38-31(41)42-21-24-11-7-6-8-12-24;1-2-22-25(31-17-23(27(36)37)34-28(38)39-18-21-8-4-3-5-9-21)32-19-33-26(22)35-14-11-20(12-15-35)16-30-24-10-6-7-13-29-24/h6-13,16,22-23,26H,5,14-15,17-21H2,1-4H3,(H,33,34)(H,38,41)(H,35,36,37);3-10,13,19-20,23H,2,11-12,14-18H2,1H3,(H,29,30)(H,34,38)(H,36,37)(H,31,32,33)/t26-;23-/m00/s1. The monoisotopic (exact) mass is 1120 g/mol. The van der Waals surface area contributed by atoms with Crippen LogP contribution in [0.4, 0.5) is 44.5 Å². The number of nitrogens with zero attached hydrogens (tertiary/aromatic N) is 8. The number of rotatable bonds is 24. The highest BCUT2D eigenvalue weighted by Crippen LogP contribution is 2.30. The van der Waals surface area contributed by atoms with E-state index in [0.717, 1.165) is 110 Å². The van der Waals surface area contributed by atoms with E-state index in [9.17, 15) is 24.3 Å². The Labute approximate surface area is 480 Å². The molecular formula is C60H78N14O8. The number of hydrogen-bond acceptors (Lipinski definition) is 19. The van der Waals surface area contributed by atoms with Crippen LogP contribution in [0.25, 0.3) is 0 Å². The Morgan fingerprint density at radius 1 is 0.561 bits per heavy atom. The van der Waals surface area contributed by atoms with Crippen LogP contribution in [0.5, 0.6) is 0 Å². The SMILES string of the molecule is CCc1c(NC[C@H](NC(=O)OCc2ccccc2)C(=O)O)ncnc1N1CCC(CNc2ccccn2)CC1.CCc1c(NC[C@H](NC(=O)OCc2ccccc2)C(=O)OC(C)(C)C)ncnc1N1CCC(CNc2ccccn2)CC1. The summed E-state index contributed by atoms with van der Waals surface area (Å²) in [6.07, 6.45) is 10.6. The maximum Gasteiger partial charge on any atom is 0.408 e. The number of aromatic nitrogens is 6. The van der Waals surface area contributed by atoms with Crippen molar-refractivity contribution in [3.63, 3.8) is 0 Å². The van der Waals surface area contributed by atoms with Gasteiger partial charge < -0.3 is 61.0 Å². The molecule has 2 atom stereocenters. The predicted octanol–water partition coefficient (Wildman–Crippen LogP) is 8.37. The molecule has 0 bridgehead atoms. The molecular weight excluding hydrogens is 1040 g/mol. The first-order chi connectivity index (χ1) is 39.7. The Bertz CT molecular complexity index is 2910. The summed E-state index contributed by atoms with van der Waals surface area (Å²) in [7, 11) is 0. The molecule has 8 rings (SSSR count). The summed E-state index contributed by atoms with van der Waals surface area (Å²) in [5, 5.41) is 28.0. The first-order valence-corrected chi connectivity index (χ1v) is 28.1. The largest absolute Gasteiger partial charge is 0.480 e. The van der Waals surface area contributed by atoms with Crippen LogP contribution in [-0.2, 0) is 49.9 Å². The third-order valence-electron chi connectivity index (χ3n) is 13.8. The number of aliphatic carboxylic acids is 1. The minimum Gasteiger partial charge on any atom is -0.480 e. The summed E-state index contributed by atoms with van der Waals surface area (Å²) in [5.41, 5.74) is 2.81. The van der Waals surface area contributed by atoms with Crippen molar-refractivity contribution in [2.75, 3.05) is 83.4 Å². The second-order valence-corrected chi connectivity index (χ2v) is 21.0. The minimum atomic E-state index is -1.20. The highest BCUT2D eigenvalue weighted by atomic mass is 16.6. The lowest BCUT2D eigenvalue weighted by Gasteiger charge is -2.34. The molecule has 2 saturated heterocycles. The van der Waals surface area contributed by atoms with E-state index in [1.807, 2.05) is 104 Å². The molecule has 22 heteroatoms. The number of piperidine rings is 2. The van der Waals surface area contributed by atoms with Crippen LogP contribution in [0.1, 0.15) is 82.6 Å².